The standard InChI is InChI=1S/C12H13NO4S/c1-3-11(15)12(8(2)14)18-10-6-4-9(5-7-10)13(16)17/h4-7,12H,3H2,1-2H3/t12-/m0/s1. The van der Waals surface area contributed by atoms with Gasteiger partial charge in [-0.05, 0) is 19.1 Å². The first-order chi connectivity index (χ1) is 8.45. The fourth-order valence-electron chi connectivity index (χ4n) is 1.34. The van der Waals surface area contributed by atoms with Gasteiger partial charge in [0.05, 0.1) is 4.92 Å². The van der Waals surface area contributed by atoms with Crippen LogP contribution in [-0.2, 0) is 9.59 Å². The van der Waals surface area contributed by atoms with E-state index in [0.717, 1.165) is 11.8 Å². The minimum atomic E-state index is -0.726. The Hall–Kier alpha value is -1.69. The number of nitro benzene ring substituents is 1. The average molecular weight is 267 g/mol. The Balaban J connectivity index is 2.85. The number of hydrogen-bond acceptors (Lipinski definition) is 5. The molecule has 0 aliphatic heterocycles. The Morgan fingerprint density at radius 3 is 2.28 bits per heavy atom. The number of Topliss-reactive ketones (excluding diaryl/α,β-unsaturated/α-hetero) is 2. The number of benzene rings is 1. The summed E-state index contributed by atoms with van der Waals surface area (Å²) in [6, 6.07) is 5.80. The van der Waals surface area contributed by atoms with Crippen molar-refractivity contribution in [3.05, 3.63) is 34.4 Å². The third-order valence-electron chi connectivity index (χ3n) is 2.31. The molecule has 1 atom stereocenters. The quantitative estimate of drug-likeness (QED) is 0.342. The van der Waals surface area contributed by atoms with Crippen LogP contribution in [0.2, 0.25) is 0 Å². The first-order valence-electron chi connectivity index (χ1n) is 5.40. The van der Waals surface area contributed by atoms with Crippen molar-refractivity contribution in [2.24, 2.45) is 0 Å². The number of non-ortho nitro benzene ring substituents is 1. The highest BCUT2D eigenvalue weighted by Gasteiger charge is 2.22. The lowest BCUT2D eigenvalue weighted by Gasteiger charge is -2.10. The third kappa shape index (κ3) is 3.66. The predicted molar refractivity (Wildman–Crippen MR) is 68.7 cm³/mol. The van der Waals surface area contributed by atoms with Crippen LogP contribution >= 0.6 is 11.8 Å². The fraction of sp³-hybridized carbons (Fsp3) is 0.333. The van der Waals surface area contributed by atoms with E-state index >= 15 is 0 Å². The number of ketones is 2. The van der Waals surface area contributed by atoms with Crippen LogP contribution < -0.4 is 0 Å². The van der Waals surface area contributed by atoms with Crippen molar-refractivity contribution in [3.63, 3.8) is 0 Å². The minimum absolute atomic E-state index is 0.0134. The summed E-state index contributed by atoms with van der Waals surface area (Å²) in [6.45, 7) is 3.07. The maximum atomic E-state index is 11.6. The van der Waals surface area contributed by atoms with Crippen LogP contribution in [0.5, 0.6) is 0 Å². The van der Waals surface area contributed by atoms with Crippen molar-refractivity contribution in [1.29, 1.82) is 0 Å². The summed E-state index contributed by atoms with van der Waals surface area (Å²) in [6.07, 6.45) is 0.296. The molecule has 0 spiro atoms. The minimum Gasteiger partial charge on any atom is -0.298 e. The van der Waals surface area contributed by atoms with E-state index < -0.39 is 10.2 Å². The maximum Gasteiger partial charge on any atom is 0.269 e. The van der Waals surface area contributed by atoms with E-state index in [1.165, 1.54) is 19.1 Å². The molecule has 0 aliphatic rings. The van der Waals surface area contributed by atoms with Crippen LogP contribution in [0, 0.1) is 10.1 Å². The highest BCUT2D eigenvalue weighted by molar-refractivity contribution is 8.01. The lowest BCUT2D eigenvalue weighted by molar-refractivity contribution is -0.384. The van der Waals surface area contributed by atoms with Gasteiger partial charge in [-0.1, -0.05) is 6.92 Å². The molecule has 0 saturated carbocycles. The highest BCUT2D eigenvalue weighted by Crippen LogP contribution is 2.27. The summed E-state index contributed by atoms with van der Waals surface area (Å²) in [4.78, 5) is 33.6. The molecule has 0 aromatic heterocycles. The smallest absolute Gasteiger partial charge is 0.269 e. The summed E-state index contributed by atoms with van der Waals surface area (Å²) >= 11 is 1.13. The Morgan fingerprint density at radius 2 is 1.89 bits per heavy atom. The average Bonchev–Trinajstić information content (AvgIpc) is 2.35. The van der Waals surface area contributed by atoms with Gasteiger partial charge in [0.25, 0.3) is 5.69 Å². The summed E-state index contributed by atoms with van der Waals surface area (Å²) in [5, 5.41) is 9.76. The van der Waals surface area contributed by atoms with Gasteiger partial charge in [-0.2, -0.15) is 0 Å². The molecule has 96 valence electrons. The van der Waals surface area contributed by atoms with Crippen molar-refractivity contribution >= 4 is 29.0 Å². The fourth-order valence-corrected chi connectivity index (χ4v) is 2.37. The Kier molecular flexibility index (Phi) is 5.03. The number of nitrogens with zero attached hydrogens (tertiary/aromatic N) is 1. The Morgan fingerprint density at radius 1 is 1.33 bits per heavy atom. The monoisotopic (exact) mass is 267 g/mol. The SMILES string of the molecule is CCC(=O)[C@@H](Sc1ccc([N+](=O)[O-])cc1)C(C)=O. The molecular weight excluding hydrogens is 254 g/mol. The van der Waals surface area contributed by atoms with Gasteiger partial charge in [-0.3, -0.25) is 19.7 Å². The van der Waals surface area contributed by atoms with Gasteiger partial charge in [0.2, 0.25) is 0 Å². The molecule has 0 radical (unpaired) electrons. The molecule has 1 aromatic rings. The molecular formula is C12H13NO4S. The van der Waals surface area contributed by atoms with Crippen molar-refractivity contribution in [1.82, 2.24) is 0 Å². The zero-order valence-electron chi connectivity index (χ0n) is 10.1. The molecule has 0 saturated heterocycles. The van der Waals surface area contributed by atoms with E-state index in [1.807, 2.05) is 0 Å². The number of hydrogen-bond donors (Lipinski definition) is 0. The molecule has 0 fully saturated rings. The van der Waals surface area contributed by atoms with Gasteiger partial charge in [-0.25, -0.2) is 0 Å². The molecule has 0 bridgehead atoms. The molecule has 1 aromatic carbocycles. The van der Waals surface area contributed by atoms with Gasteiger partial charge in [-0.15, -0.1) is 11.8 Å². The van der Waals surface area contributed by atoms with Crippen LogP contribution in [-0.4, -0.2) is 21.7 Å². The second-order valence-electron chi connectivity index (χ2n) is 3.68. The van der Waals surface area contributed by atoms with Gasteiger partial charge >= 0.3 is 0 Å². The molecule has 6 heteroatoms. The summed E-state index contributed by atoms with van der Waals surface area (Å²) in [7, 11) is 0. The lowest BCUT2D eigenvalue weighted by atomic mass is 10.2. The van der Waals surface area contributed by atoms with Gasteiger partial charge in [0.15, 0.2) is 11.6 Å². The number of rotatable bonds is 6. The molecule has 0 unspecified atom stereocenters. The van der Waals surface area contributed by atoms with Crippen LogP contribution in [0.15, 0.2) is 29.2 Å². The van der Waals surface area contributed by atoms with Gasteiger partial charge < -0.3 is 0 Å². The molecule has 0 heterocycles. The second kappa shape index (κ2) is 6.30. The van der Waals surface area contributed by atoms with Gasteiger partial charge in [0.1, 0.15) is 5.25 Å². The normalized spacial score (nSPS) is 11.9. The Bertz CT molecular complexity index is 469. The second-order valence-corrected chi connectivity index (χ2v) is 4.86. The summed E-state index contributed by atoms with van der Waals surface area (Å²) < 4.78 is 0. The van der Waals surface area contributed by atoms with Crippen LogP contribution in [0.1, 0.15) is 20.3 Å². The maximum absolute atomic E-state index is 11.6. The number of thioether (sulfide) groups is 1. The van der Waals surface area contributed by atoms with Crippen LogP contribution in [0.25, 0.3) is 0 Å². The Labute approximate surface area is 109 Å². The van der Waals surface area contributed by atoms with Crippen LogP contribution in [0.3, 0.4) is 0 Å². The molecule has 18 heavy (non-hydrogen) atoms. The van der Waals surface area contributed by atoms with Gasteiger partial charge in [0, 0.05) is 23.4 Å². The van der Waals surface area contributed by atoms with E-state index in [9.17, 15) is 19.7 Å². The summed E-state index contributed by atoms with van der Waals surface area (Å²) in [5.41, 5.74) is -0.0134. The lowest BCUT2D eigenvalue weighted by Crippen LogP contribution is -2.23. The molecule has 0 N–H and O–H groups in total. The molecule has 5 nitrogen and oxygen atoms in total. The summed E-state index contributed by atoms with van der Waals surface area (Å²) in [5.74, 6) is -0.337. The van der Waals surface area contributed by atoms with E-state index in [0.29, 0.717) is 11.3 Å². The van der Waals surface area contributed by atoms with Crippen molar-refractivity contribution in [3.8, 4) is 0 Å². The first-order valence-corrected chi connectivity index (χ1v) is 6.28. The van der Waals surface area contributed by atoms with Crippen molar-refractivity contribution in [2.75, 3.05) is 0 Å². The van der Waals surface area contributed by atoms with Crippen molar-refractivity contribution in [2.45, 2.75) is 30.4 Å². The molecule has 0 amide bonds. The highest BCUT2D eigenvalue weighted by atomic mass is 32.2. The van der Waals surface area contributed by atoms with Crippen LogP contribution in [0.4, 0.5) is 5.69 Å². The molecule has 0 aliphatic carbocycles. The largest absolute Gasteiger partial charge is 0.298 e. The zero-order chi connectivity index (χ0) is 13.7. The molecule has 1 rings (SSSR count). The number of carbonyl (C=O) groups excluding carboxylic acids is 2. The predicted octanol–water partition coefficient (Wildman–Crippen LogP) is 2.62. The number of carbonyl (C=O) groups is 2. The zero-order valence-corrected chi connectivity index (χ0v) is 10.9. The van der Waals surface area contributed by atoms with E-state index in [1.54, 1.807) is 19.1 Å². The topological polar surface area (TPSA) is 77.3 Å². The third-order valence-corrected chi connectivity index (χ3v) is 3.69. The van der Waals surface area contributed by atoms with E-state index in [4.69, 9.17) is 0 Å². The van der Waals surface area contributed by atoms with E-state index in [-0.39, 0.29) is 17.3 Å². The first kappa shape index (κ1) is 14.4. The van der Waals surface area contributed by atoms with Crippen molar-refractivity contribution < 1.29 is 14.5 Å². The number of nitro groups is 1. The van der Waals surface area contributed by atoms with E-state index in [2.05, 4.69) is 0 Å².